The van der Waals surface area contributed by atoms with Gasteiger partial charge in [-0.15, -0.1) is 0 Å². The number of likely N-dealkylation sites (tertiary alicyclic amines) is 1. The number of carbonyl (C=O) groups is 2. The number of hydrogen-bond acceptors (Lipinski definition) is 4. The van der Waals surface area contributed by atoms with Crippen LogP contribution < -0.4 is 15.4 Å². The van der Waals surface area contributed by atoms with E-state index in [0.717, 1.165) is 17.7 Å². The van der Waals surface area contributed by atoms with Crippen LogP contribution in [0.5, 0.6) is 5.88 Å². The molecule has 2 aromatic rings. The number of aromatic amines is 1. The van der Waals surface area contributed by atoms with E-state index < -0.39 is 35.6 Å². The summed E-state index contributed by atoms with van der Waals surface area (Å²) in [6, 6.07) is 0.00357. The van der Waals surface area contributed by atoms with Crippen LogP contribution in [-0.2, 0) is 11.3 Å². The first-order valence-electron chi connectivity index (χ1n) is 11.0. The van der Waals surface area contributed by atoms with Crippen LogP contribution in [0.2, 0.25) is 0 Å². The summed E-state index contributed by atoms with van der Waals surface area (Å²) in [4.78, 5) is 39.3. The Morgan fingerprint density at radius 3 is 2.48 bits per heavy atom. The molecule has 2 amide bonds. The number of nitrogens with zero attached hydrogens (tertiary/aromatic N) is 3. The predicted molar refractivity (Wildman–Crippen MR) is 115 cm³/mol. The van der Waals surface area contributed by atoms with E-state index in [2.05, 4.69) is 10.4 Å². The molecule has 2 aromatic heterocycles. The largest absolute Gasteiger partial charge is 0.477 e. The summed E-state index contributed by atoms with van der Waals surface area (Å²) in [5, 5.41) is 16.6. The molecule has 33 heavy (non-hydrogen) atoms. The Bertz CT molecular complexity index is 1190. The van der Waals surface area contributed by atoms with Crippen molar-refractivity contribution in [3.05, 3.63) is 33.3 Å². The molecule has 2 atom stereocenters. The number of halogens is 2. The van der Waals surface area contributed by atoms with Crippen LogP contribution in [-0.4, -0.2) is 62.9 Å². The average Bonchev–Trinajstić information content (AvgIpc) is 3.40. The van der Waals surface area contributed by atoms with E-state index in [1.807, 2.05) is 13.8 Å². The van der Waals surface area contributed by atoms with Gasteiger partial charge in [-0.25, -0.2) is 18.7 Å². The first kappa shape index (κ1) is 22.9. The second kappa shape index (κ2) is 8.60. The lowest BCUT2D eigenvalue weighted by atomic mass is 10.1. The molecule has 178 valence electrons. The molecule has 0 bridgehead atoms. The lowest BCUT2D eigenvalue weighted by Gasteiger charge is -2.12. The summed E-state index contributed by atoms with van der Waals surface area (Å²) < 4.78 is 29.6. The summed E-state index contributed by atoms with van der Waals surface area (Å²) in [5.74, 6) is -1.59. The Morgan fingerprint density at radius 2 is 1.91 bits per heavy atom. The van der Waals surface area contributed by atoms with Gasteiger partial charge in [-0.2, -0.15) is 4.57 Å². The van der Waals surface area contributed by atoms with Crippen LogP contribution in [0.25, 0.3) is 11.7 Å². The Morgan fingerprint density at radius 1 is 1.27 bits per heavy atom. The highest BCUT2D eigenvalue weighted by Crippen LogP contribution is 2.22. The fourth-order valence-electron chi connectivity index (χ4n) is 4.01. The summed E-state index contributed by atoms with van der Waals surface area (Å²) in [7, 11) is 0. The van der Waals surface area contributed by atoms with Crippen molar-refractivity contribution in [1.29, 1.82) is 0 Å². The summed E-state index contributed by atoms with van der Waals surface area (Å²) >= 11 is 0. The molecule has 0 aromatic carbocycles. The van der Waals surface area contributed by atoms with Crippen LogP contribution in [0.1, 0.15) is 48.3 Å². The molecular weight excluding hydrogens is 436 g/mol. The highest BCUT2D eigenvalue weighted by molar-refractivity contribution is 5.96. The fraction of sp³-hybridized carbons (Fsp3) is 0.545. The first-order valence-corrected chi connectivity index (χ1v) is 11.0. The number of amides is 2. The van der Waals surface area contributed by atoms with Crippen LogP contribution >= 0.6 is 0 Å². The number of nitrogens with one attached hydrogen (secondary N) is 2. The molecule has 1 aliphatic carbocycles. The van der Waals surface area contributed by atoms with Gasteiger partial charge in [-0.05, 0) is 31.8 Å². The third-order valence-electron chi connectivity index (χ3n) is 5.86. The van der Waals surface area contributed by atoms with Crippen LogP contribution in [0.3, 0.4) is 0 Å². The average molecular weight is 464 g/mol. The Kier molecular flexibility index (Phi) is 5.98. The predicted octanol–water partition coefficient (Wildman–Crippen LogP) is 1.01. The SMILES string of the molecule is Cc1[nH]n2c(=O)c(C(=O)NC3CC3)c(O)[n+](CC(C)C)c2c1/C=C/C(=O)N1C[C@@H](F)[C@H](F)C1. The first-order chi connectivity index (χ1) is 15.6. The lowest BCUT2D eigenvalue weighted by Crippen LogP contribution is -2.46. The molecule has 1 saturated heterocycles. The van der Waals surface area contributed by atoms with Crippen molar-refractivity contribution in [1.82, 2.24) is 19.8 Å². The number of aromatic nitrogens is 3. The van der Waals surface area contributed by atoms with Crippen LogP contribution in [0.4, 0.5) is 8.78 Å². The third-order valence-corrected chi connectivity index (χ3v) is 5.86. The number of alkyl halides is 2. The number of hydrogen-bond donors (Lipinski definition) is 3. The van der Waals surface area contributed by atoms with Gasteiger partial charge in [0.2, 0.25) is 11.5 Å². The smallest absolute Gasteiger partial charge is 0.378 e. The number of aromatic hydroxyl groups is 1. The maximum Gasteiger partial charge on any atom is 0.378 e. The topological polar surface area (TPSA) is 111 Å². The molecule has 0 unspecified atom stereocenters. The Labute approximate surface area is 188 Å². The van der Waals surface area contributed by atoms with Gasteiger partial charge in [0.05, 0.1) is 30.9 Å². The van der Waals surface area contributed by atoms with E-state index in [4.69, 9.17) is 0 Å². The molecule has 0 spiro atoms. The highest BCUT2D eigenvalue weighted by atomic mass is 19.2. The highest BCUT2D eigenvalue weighted by Gasteiger charge is 2.36. The van der Waals surface area contributed by atoms with E-state index in [1.54, 1.807) is 6.92 Å². The minimum absolute atomic E-state index is 0.00357. The Balaban J connectivity index is 1.79. The molecule has 3 N–H and O–H groups in total. The third kappa shape index (κ3) is 4.36. The second-order valence-electron chi connectivity index (χ2n) is 9.17. The summed E-state index contributed by atoms with van der Waals surface area (Å²) in [6.07, 6.45) is 0.881. The standard InChI is InChI=1S/C22H27F2N5O4/c1-11(2)8-28-20-14(6-7-17(30)27-9-15(23)16(24)10-27)12(3)26-29(20)22(33)18(21(28)32)19(31)25-13-4-5-13/h6-7,11,13,15-16H,4-5,8-10H2,1-3H3,(H2,25,31,32,33)/p+1/b7-6+/t15-,16-/m1/s1. The van der Waals surface area contributed by atoms with E-state index in [0.29, 0.717) is 17.8 Å². The van der Waals surface area contributed by atoms with Gasteiger partial charge in [-0.3, -0.25) is 9.59 Å². The van der Waals surface area contributed by atoms with Gasteiger partial charge < -0.3 is 15.3 Å². The zero-order valence-corrected chi connectivity index (χ0v) is 18.8. The van der Waals surface area contributed by atoms with Crippen molar-refractivity contribution < 1.29 is 28.0 Å². The normalized spacial score (nSPS) is 21.0. The molecule has 2 aliphatic rings. The van der Waals surface area contributed by atoms with E-state index in [1.165, 1.54) is 21.2 Å². The number of H-pyrrole nitrogens is 1. The van der Waals surface area contributed by atoms with Gasteiger partial charge in [0, 0.05) is 12.1 Å². The van der Waals surface area contributed by atoms with E-state index >= 15 is 0 Å². The summed E-state index contributed by atoms with van der Waals surface area (Å²) in [6.45, 7) is 5.19. The number of fused-ring (bicyclic) bond motifs is 1. The zero-order valence-electron chi connectivity index (χ0n) is 18.8. The van der Waals surface area contributed by atoms with Gasteiger partial charge >= 0.3 is 17.1 Å². The zero-order chi connectivity index (χ0) is 24.0. The van der Waals surface area contributed by atoms with Crippen LogP contribution in [0.15, 0.2) is 10.9 Å². The fourth-order valence-corrected chi connectivity index (χ4v) is 4.01. The number of aryl methyl sites for hydroxylation is 1. The van der Waals surface area contributed by atoms with Crippen molar-refractivity contribution in [2.45, 2.75) is 58.5 Å². The molecule has 1 saturated carbocycles. The molecular formula is C22H28F2N5O4+. The minimum Gasteiger partial charge on any atom is -0.477 e. The van der Waals surface area contributed by atoms with Crippen molar-refractivity contribution in [3.63, 3.8) is 0 Å². The van der Waals surface area contributed by atoms with Crippen molar-refractivity contribution >= 4 is 23.5 Å². The summed E-state index contributed by atoms with van der Waals surface area (Å²) in [5.41, 5.74) is 0.172. The van der Waals surface area contributed by atoms with Gasteiger partial charge in [0.1, 0.15) is 0 Å². The molecule has 9 nitrogen and oxygen atoms in total. The molecule has 4 rings (SSSR count). The lowest BCUT2D eigenvalue weighted by molar-refractivity contribution is -0.686. The monoisotopic (exact) mass is 464 g/mol. The molecule has 0 radical (unpaired) electrons. The van der Waals surface area contributed by atoms with E-state index in [-0.39, 0.29) is 36.3 Å². The molecule has 11 heteroatoms. The molecule has 2 fully saturated rings. The van der Waals surface area contributed by atoms with Gasteiger partial charge in [0.15, 0.2) is 12.3 Å². The minimum atomic E-state index is -1.71. The Hall–Kier alpha value is -3.24. The molecule has 3 heterocycles. The maximum absolute atomic E-state index is 13.5. The van der Waals surface area contributed by atoms with Crippen molar-refractivity contribution in [2.75, 3.05) is 13.1 Å². The quantitative estimate of drug-likeness (QED) is 0.438. The molecule has 1 aliphatic heterocycles. The number of rotatable bonds is 6. The van der Waals surface area contributed by atoms with Crippen LogP contribution in [0, 0.1) is 12.8 Å². The maximum atomic E-state index is 13.5. The van der Waals surface area contributed by atoms with Crippen molar-refractivity contribution in [2.24, 2.45) is 5.92 Å². The second-order valence-corrected chi connectivity index (χ2v) is 9.17. The van der Waals surface area contributed by atoms with Crippen molar-refractivity contribution in [3.8, 4) is 5.88 Å². The number of carbonyl (C=O) groups excluding carboxylic acids is 2. The van der Waals surface area contributed by atoms with Gasteiger partial charge in [-0.1, -0.05) is 18.4 Å². The van der Waals surface area contributed by atoms with E-state index in [9.17, 15) is 28.3 Å². The van der Waals surface area contributed by atoms with Gasteiger partial charge in [0.25, 0.3) is 5.91 Å².